The fourth-order valence-corrected chi connectivity index (χ4v) is 2.90. The predicted molar refractivity (Wildman–Crippen MR) is 95.5 cm³/mol. The molecule has 6 nitrogen and oxygen atoms in total. The molecule has 3 amide bonds. The molecule has 0 aromatic heterocycles. The standard InChI is InChI=1S/C19H18FN3O3/c1-2-21-18(25)11-4-3-5-13(8-11)22-19(26)15-10-17(24)23-16-9-12(20)6-7-14(15)16/h3-9,15H,2,10H2,1H3,(H,21,25)(H,22,26)(H,23,24)/t15-/m0/s1. The Kier molecular flexibility index (Phi) is 4.97. The van der Waals surface area contributed by atoms with E-state index in [1.807, 2.05) is 6.92 Å². The van der Waals surface area contributed by atoms with Gasteiger partial charge in [-0.05, 0) is 42.8 Å². The lowest BCUT2D eigenvalue weighted by Crippen LogP contribution is -2.31. The van der Waals surface area contributed by atoms with E-state index < -0.39 is 11.7 Å². The van der Waals surface area contributed by atoms with E-state index >= 15 is 0 Å². The van der Waals surface area contributed by atoms with Crippen molar-refractivity contribution >= 4 is 29.1 Å². The van der Waals surface area contributed by atoms with Crippen molar-refractivity contribution < 1.29 is 18.8 Å². The summed E-state index contributed by atoms with van der Waals surface area (Å²) in [6, 6.07) is 10.5. The lowest BCUT2D eigenvalue weighted by atomic mass is 9.89. The highest BCUT2D eigenvalue weighted by atomic mass is 19.1. The Labute approximate surface area is 149 Å². The molecule has 0 unspecified atom stereocenters. The van der Waals surface area contributed by atoms with Gasteiger partial charge < -0.3 is 16.0 Å². The van der Waals surface area contributed by atoms with Gasteiger partial charge in [0.05, 0.1) is 5.92 Å². The Morgan fingerprint density at radius 2 is 2.04 bits per heavy atom. The van der Waals surface area contributed by atoms with E-state index in [0.717, 1.165) is 0 Å². The minimum absolute atomic E-state index is 0.0273. The van der Waals surface area contributed by atoms with Gasteiger partial charge in [-0.15, -0.1) is 0 Å². The number of anilines is 2. The fourth-order valence-electron chi connectivity index (χ4n) is 2.90. The van der Waals surface area contributed by atoms with Crippen LogP contribution in [0, 0.1) is 5.82 Å². The Morgan fingerprint density at radius 3 is 2.81 bits per heavy atom. The maximum Gasteiger partial charge on any atom is 0.251 e. The molecule has 2 aromatic rings. The average Bonchev–Trinajstić information content (AvgIpc) is 2.61. The second-order valence-electron chi connectivity index (χ2n) is 5.97. The van der Waals surface area contributed by atoms with Crippen LogP contribution in [0.4, 0.5) is 15.8 Å². The number of fused-ring (bicyclic) bond motifs is 1. The summed E-state index contributed by atoms with van der Waals surface area (Å²) in [4.78, 5) is 36.4. The second kappa shape index (κ2) is 7.35. The number of nitrogens with one attached hydrogen (secondary N) is 3. The molecule has 0 saturated carbocycles. The van der Waals surface area contributed by atoms with Crippen LogP contribution in [0.2, 0.25) is 0 Å². The first-order valence-electron chi connectivity index (χ1n) is 8.26. The van der Waals surface area contributed by atoms with Gasteiger partial charge in [0.15, 0.2) is 0 Å². The van der Waals surface area contributed by atoms with E-state index in [-0.39, 0.29) is 24.1 Å². The highest BCUT2D eigenvalue weighted by molar-refractivity contribution is 6.05. The third-order valence-electron chi connectivity index (χ3n) is 4.10. The van der Waals surface area contributed by atoms with Crippen molar-refractivity contribution in [3.8, 4) is 0 Å². The number of rotatable bonds is 4. The third kappa shape index (κ3) is 3.72. The minimum atomic E-state index is -0.729. The molecular weight excluding hydrogens is 337 g/mol. The molecule has 1 aliphatic rings. The Hall–Kier alpha value is -3.22. The van der Waals surface area contributed by atoms with E-state index in [1.54, 1.807) is 24.3 Å². The zero-order valence-corrected chi connectivity index (χ0v) is 14.1. The van der Waals surface area contributed by atoms with Crippen LogP contribution >= 0.6 is 0 Å². The molecule has 7 heteroatoms. The van der Waals surface area contributed by atoms with Gasteiger partial charge in [0, 0.05) is 29.9 Å². The van der Waals surface area contributed by atoms with Gasteiger partial charge in [0.1, 0.15) is 5.82 Å². The normalized spacial score (nSPS) is 15.6. The van der Waals surface area contributed by atoms with Crippen molar-refractivity contribution in [2.45, 2.75) is 19.3 Å². The monoisotopic (exact) mass is 355 g/mol. The highest BCUT2D eigenvalue weighted by Gasteiger charge is 2.31. The summed E-state index contributed by atoms with van der Waals surface area (Å²) in [6.45, 7) is 2.32. The summed E-state index contributed by atoms with van der Waals surface area (Å²) in [7, 11) is 0. The molecule has 0 bridgehead atoms. The Bertz CT molecular complexity index is 882. The number of carbonyl (C=O) groups is 3. The van der Waals surface area contributed by atoms with Gasteiger partial charge in [-0.3, -0.25) is 14.4 Å². The van der Waals surface area contributed by atoms with Gasteiger partial charge in [0.25, 0.3) is 5.91 Å². The third-order valence-corrected chi connectivity index (χ3v) is 4.10. The summed E-state index contributed by atoms with van der Waals surface area (Å²) >= 11 is 0. The minimum Gasteiger partial charge on any atom is -0.352 e. The van der Waals surface area contributed by atoms with Gasteiger partial charge in [0.2, 0.25) is 11.8 Å². The first-order chi connectivity index (χ1) is 12.5. The molecule has 0 aliphatic carbocycles. The van der Waals surface area contributed by atoms with Crippen LogP contribution in [0.1, 0.15) is 35.2 Å². The molecule has 2 aromatic carbocycles. The quantitative estimate of drug-likeness (QED) is 0.788. The first kappa shape index (κ1) is 17.6. The van der Waals surface area contributed by atoms with Gasteiger partial charge in [-0.1, -0.05) is 12.1 Å². The van der Waals surface area contributed by atoms with Gasteiger partial charge in [-0.2, -0.15) is 0 Å². The van der Waals surface area contributed by atoms with Crippen LogP contribution in [0.25, 0.3) is 0 Å². The lowest BCUT2D eigenvalue weighted by Gasteiger charge is -2.25. The van der Waals surface area contributed by atoms with E-state index in [1.165, 1.54) is 18.2 Å². The molecule has 3 rings (SSSR count). The van der Waals surface area contributed by atoms with Gasteiger partial charge >= 0.3 is 0 Å². The van der Waals surface area contributed by atoms with Crippen molar-refractivity contribution in [1.29, 1.82) is 0 Å². The number of amides is 3. The first-order valence-corrected chi connectivity index (χ1v) is 8.26. The Morgan fingerprint density at radius 1 is 1.23 bits per heavy atom. The number of halogens is 1. The lowest BCUT2D eigenvalue weighted by molar-refractivity contribution is -0.123. The van der Waals surface area contributed by atoms with Crippen LogP contribution < -0.4 is 16.0 Å². The van der Waals surface area contributed by atoms with Crippen molar-refractivity contribution in [2.24, 2.45) is 0 Å². The molecule has 1 atom stereocenters. The number of carbonyl (C=O) groups excluding carboxylic acids is 3. The van der Waals surface area contributed by atoms with Crippen molar-refractivity contribution in [2.75, 3.05) is 17.2 Å². The maximum atomic E-state index is 13.4. The van der Waals surface area contributed by atoms with E-state index in [2.05, 4.69) is 16.0 Å². The number of hydrogen-bond donors (Lipinski definition) is 3. The van der Waals surface area contributed by atoms with Crippen molar-refractivity contribution in [3.05, 3.63) is 59.4 Å². The molecule has 0 radical (unpaired) electrons. The van der Waals surface area contributed by atoms with Crippen LogP contribution in [-0.4, -0.2) is 24.3 Å². The molecule has 26 heavy (non-hydrogen) atoms. The average molecular weight is 355 g/mol. The van der Waals surface area contributed by atoms with Crippen molar-refractivity contribution in [1.82, 2.24) is 5.32 Å². The molecule has 0 fully saturated rings. The summed E-state index contributed by atoms with van der Waals surface area (Å²) in [5.41, 5.74) is 1.74. The van der Waals surface area contributed by atoms with Crippen LogP contribution in [0.5, 0.6) is 0 Å². The largest absolute Gasteiger partial charge is 0.352 e. The topological polar surface area (TPSA) is 87.3 Å². The van der Waals surface area contributed by atoms with E-state index in [0.29, 0.717) is 29.0 Å². The zero-order chi connectivity index (χ0) is 18.7. The number of hydrogen-bond acceptors (Lipinski definition) is 3. The summed E-state index contributed by atoms with van der Waals surface area (Å²) in [6.07, 6.45) is -0.0273. The second-order valence-corrected chi connectivity index (χ2v) is 5.97. The maximum absolute atomic E-state index is 13.4. The molecule has 0 saturated heterocycles. The summed E-state index contributed by atoms with van der Waals surface area (Å²) in [5, 5.41) is 8.00. The Balaban J connectivity index is 1.82. The number of benzene rings is 2. The molecule has 1 heterocycles. The zero-order valence-electron chi connectivity index (χ0n) is 14.1. The van der Waals surface area contributed by atoms with Crippen molar-refractivity contribution in [3.63, 3.8) is 0 Å². The van der Waals surface area contributed by atoms with E-state index in [4.69, 9.17) is 0 Å². The molecule has 0 spiro atoms. The summed E-state index contributed by atoms with van der Waals surface area (Å²) in [5.74, 6) is -2.19. The van der Waals surface area contributed by atoms with Crippen LogP contribution in [0.15, 0.2) is 42.5 Å². The molecular formula is C19H18FN3O3. The van der Waals surface area contributed by atoms with E-state index in [9.17, 15) is 18.8 Å². The fraction of sp³-hybridized carbons (Fsp3) is 0.211. The van der Waals surface area contributed by atoms with Crippen LogP contribution in [0.3, 0.4) is 0 Å². The predicted octanol–water partition coefficient (Wildman–Crippen LogP) is 2.64. The summed E-state index contributed by atoms with van der Waals surface area (Å²) < 4.78 is 13.4. The smallest absolute Gasteiger partial charge is 0.251 e. The highest BCUT2D eigenvalue weighted by Crippen LogP contribution is 2.33. The SMILES string of the molecule is CCNC(=O)c1cccc(NC(=O)[C@H]2CC(=O)Nc3cc(F)ccc32)c1. The van der Waals surface area contributed by atoms with Crippen LogP contribution in [-0.2, 0) is 9.59 Å². The molecule has 1 aliphatic heterocycles. The molecule has 3 N–H and O–H groups in total. The molecule has 134 valence electrons. The van der Waals surface area contributed by atoms with Gasteiger partial charge in [-0.25, -0.2) is 4.39 Å².